The highest BCUT2D eigenvalue weighted by atomic mass is 35.5. The van der Waals surface area contributed by atoms with Crippen LogP contribution >= 0.6 is 12.4 Å². The molecule has 0 radical (unpaired) electrons. The minimum absolute atomic E-state index is 0. The van der Waals surface area contributed by atoms with E-state index in [1.54, 1.807) is 0 Å². The molecule has 0 spiro atoms. The molecule has 1 aromatic carbocycles. The molecule has 2 aromatic rings. The first-order valence-electron chi connectivity index (χ1n) is 5.97. The Morgan fingerprint density at radius 2 is 2.06 bits per heavy atom. The van der Waals surface area contributed by atoms with Crippen molar-refractivity contribution in [1.29, 1.82) is 5.26 Å². The second kappa shape index (κ2) is 5.38. The maximum Gasteiger partial charge on any atom is 0.110 e. The molecule has 2 heterocycles. The fourth-order valence-corrected chi connectivity index (χ4v) is 2.39. The molecule has 1 fully saturated rings. The number of halogens is 1. The third kappa shape index (κ3) is 2.33. The van der Waals surface area contributed by atoms with Crippen LogP contribution in [0.3, 0.4) is 0 Å². The summed E-state index contributed by atoms with van der Waals surface area (Å²) >= 11 is 0. The van der Waals surface area contributed by atoms with Gasteiger partial charge in [-0.2, -0.15) is 5.26 Å². The number of aromatic amines is 1. The van der Waals surface area contributed by atoms with Crippen LogP contribution in [0.2, 0.25) is 0 Å². The van der Waals surface area contributed by atoms with E-state index < -0.39 is 0 Å². The molecule has 94 valence electrons. The van der Waals surface area contributed by atoms with Crippen molar-refractivity contribution in [2.24, 2.45) is 0 Å². The number of nitrogens with zero attached hydrogens (tertiary/aromatic N) is 2. The summed E-state index contributed by atoms with van der Waals surface area (Å²) in [6.45, 7) is 2.12. The Balaban J connectivity index is 0.00000120. The molecular formula is C13H15ClN4. The second-order valence-corrected chi connectivity index (χ2v) is 4.49. The van der Waals surface area contributed by atoms with E-state index >= 15 is 0 Å². The monoisotopic (exact) mass is 262 g/mol. The van der Waals surface area contributed by atoms with Crippen molar-refractivity contribution in [2.75, 3.05) is 13.1 Å². The summed E-state index contributed by atoms with van der Waals surface area (Å²) in [7, 11) is 0. The van der Waals surface area contributed by atoms with Gasteiger partial charge in [-0.25, -0.2) is 4.98 Å². The van der Waals surface area contributed by atoms with Gasteiger partial charge in [0.25, 0.3) is 0 Å². The molecule has 0 amide bonds. The normalized spacial score (nSPS) is 16.2. The van der Waals surface area contributed by atoms with Gasteiger partial charge in [0.05, 0.1) is 22.7 Å². The van der Waals surface area contributed by atoms with E-state index in [0.717, 1.165) is 42.8 Å². The van der Waals surface area contributed by atoms with Crippen molar-refractivity contribution in [3.63, 3.8) is 0 Å². The molecule has 0 atom stereocenters. The molecule has 1 aliphatic rings. The zero-order chi connectivity index (χ0) is 11.7. The fourth-order valence-electron chi connectivity index (χ4n) is 2.39. The van der Waals surface area contributed by atoms with Crippen molar-refractivity contribution in [1.82, 2.24) is 15.3 Å². The molecule has 0 aliphatic carbocycles. The van der Waals surface area contributed by atoms with Crippen molar-refractivity contribution in [3.05, 3.63) is 29.6 Å². The summed E-state index contributed by atoms with van der Waals surface area (Å²) in [4.78, 5) is 7.97. The molecule has 0 saturated carbocycles. The fraction of sp³-hybridized carbons (Fsp3) is 0.385. The highest BCUT2D eigenvalue weighted by Gasteiger charge is 2.18. The molecule has 1 saturated heterocycles. The maximum atomic E-state index is 8.86. The van der Waals surface area contributed by atoms with Crippen LogP contribution in [-0.4, -0.2) is 23.1 Å². The summed E-state index contributed by atoms with van der Waals surface area (Å²) in [6, 6.07) is 7.74. The van der Waals surface area contributed by atoms with E-state index in [1.807, 2.05) is 18.2 Å². The quantitative estimate of drug-likeness (QED) is 0.829. The first-order chi connectivity index (χ1) is 8.36. The summed E-state index contributed by atoms with van der Waals surface area (Å²) < 4.78 is 0. The van der Waals surface area contributed by atoms with E-state index in [-0.39, 0.29) is 12.4 Å². The summed E-state index contributed by atoms with van der Waals surface area (Å²) in [5.74, 6) is 1.59. The number of fused-ring (bicyclic) bond motifs is 1. The van der Waals surface area contributed by atoms with Crippen LogP contribution in [0.1, 0.15) is 30.1 Å². The van der Waals surface area contributed by atoms with E-state index in [0.29, 0.717) is 11.5 Å². The van der Waals surface area contributed by atoms with Crippen LogP contribution in [0, 0.1) is 11.3 Å². The van der Waals surface area contributed by atoms with E-state index in [4.69, 9.17) is 5.26 Å². The predicted molar refractivity (Wildman–Crippen MR) is 72.9 cm³/mol. The zero-order valence-corrected chi connectivity index (χ0v) is 10.8. The number of hydrogen-bond donors (Lipinski definition) is 2. The molecule has 1 aliphatic heterocycles. The number of rotatable bonds is 1. The molecule has 2 N–H and O–H groups in total. The SMILES string of the molecule is Cl.N#Cc1ccc2nc(C3CCNCC3)[nH]c2c1. The Labute approximate surface area is 112 Å². The van der Waals surface area contributed by atoms with Crippen molar-refractivity contribution in [2.45, 2.75) is 18.8 Å². The summed E-state index contributed by atoms with van der Waals surface area (Å²) in [5, 5.41) is 12.2. The van der Waals surface area contributed by atoms with Gasteiger partial charge in [0.2, 0.25) is 0 Å². The Bertz CT molecular complexity index is 578. The number of aromatic nitrogens is 2. The van der Waals surface area contributed by atoms with Gasteiger partial charge >= 0.3 is 0 Å². The Morgan fingerprint density at radius 3 is 2.78 bits per heavy atom. The maximum absolute atomic E-state index is 8.86. The largest absolute Gasteiger partial charge is 0.342 e. The zero-order valence-electron chi connectivity index (χ0n) is 9.94. The van der Waals surface area contributed by atoms with Crippen LogP contribution in [0.15, 0.2) is 18.2 Å². The lowest BCUT2D eigenvalue weighted by molar-refractivity contribution is 0.448. The minimum atomic E-state index is 0. The minimum Gasteiger partial charge on any atom is -0.342 e. The molecule has 1 aromatic heterocycles. The van der Waals surface area contributed by atoms with Crippen molar-refractivity contribution in [3.8, 4) is 6.07 Å². The second-order valence-electron chi connectivity index (χ2n) is 4.49. The van der Waals surface area contributed by atoms with Gasteiger partial charge in [-0.3, -0.25) is 0 Å². The van der Waals surface area contributed by atoms with Gasteiger partial charge in [0.15, 0.2) is 0 Å². The highest BCUT2D eigenvalue weighted by Crippen LogP contribution is 2.25. The number of imidazole rings is 1. The lowest BCUT2D eigenvalue weighted by atomic mass is 9.98. The lowest BCUT2D eigenvalue weighted by Gasteiger charge is -2.20. The number of benzene rings is 1. The van der Waals surface area contributed by atoms with Gasteiger partial charge in [-0.05, 0) is 44.1 Å². The number of piperidine rings is 1. The number of nitrogens with one attached hydrogen (secondary N) is 2. The number of hydrogen-bond acceptors (Lipinski definition) is 3. The molecular weight excluding hydrogens is 248 g/mol. The van der Waals surface area contributed by atoms with Crippen molar-refractivity contribution < 1.29 is 0 Å². The number of H-pyrrole nitrogens is 1. The highest BCUT2D eigenvalue weighted by molar-refractivity contribution is 5.85. The van der Waals surface area contributed by atoms with E-state index in [1.165, 1.54) is 0 Å². The van der Waals surface area contributed by atoms with Gasteiger partial charge in [0, 0.05) is 5.92 Å². The van der Waals surface area contributed by atoms with Crippen LogP contribution in [0.5, 0.6) is 0 Å². The molecule has 18 heavy (non-hydrogen) atoms. The first-order valence-corrected chi connectivity index (χ1v) is 5.97. The van der Waals surface area contributed by atoms with Gasteiger partial charge in [0.1, 0.15) is 5.82 Å². The molecule has 4 nitrogen and oxygen atoms in total. The smallest absolute Gasteiger partial charge is 0.110 e. The Kier molecular flexibility index (Phi) is 3.85. The first kappa shape index (κ1) is 12.9. The standard InChI is InChI=1S/C13H14N4.ClH/c14-8-9-1-2-11-12(7-9)17-13(16-11)10-3-5-15-6-4-10;/h1-2,7,10,15H,3-6H2,(H,16,17);1H. The van der Waals surface area contributed by atoms with E-state index in [9.17, 15) is 0 Å². The summed E-state index contributed by atoms with van der Waals surface area (Å²) in [5.41, 5.74) is 2.60. The summed E-state index contributed by atoms with van der Waals surface area (Å²) in [6.07, 6.45) is 2.26. The Morgan fingerprint density at radius 1 is 1.28 bits per heavy atom. The third-order valence-electron chi connectivity index (χ3n) is 3.36. The lowest BCUT2D eigenvalue weighted by Crippen LogP contribution is -2.27. The number of nitriles is 1. The van der Waals surface area contributed by atoms with E-state index in [2.05, 4.69) is 21.4 Å². The molecule has 0 bridgehead atoms. The molecule has 0 unspecified atom stereocenters. The van der Waals surface area contributed by atoms with Gasteiger partial charge in [-0.1, -0.05) is 0 Å². The average molecular weight is 263 g/mol. The van der Waals surface area contributed by atoms with Crippen LogP contribution in [0.25, 0.3) is 11.0 Å². The predicted octanol–water partition coefficient (Wildman–Crippen LogP) is 2.32. The molecule has 3 rings (SSSR count). The third-order valence-corrected chi connectivity index (χ3v) is 3.36. The Hall–Kier alpha value is -1.57. The van der Waals surface area contributed by atoms with Gasteiger partial charge in [-0.15, -0.1) is 12.4 Å². The van der Waals surface area contributed by atoms with Crippen LogP contribution in [-0.2, 0) is 0 Å². The van der Waals surface area contributed by atoms with Crippen LogP contribution < -0.4 is 5.32 Å². The van der Waals surface area contributed by atoms with Crippen LogP contribution in [0.4, 0.5) is 0 Å². The van der Waals surface area contributed by atoms with Gasteiger partial charge < -0.3 is 10.3 Å². The molecule has 5 heteroatoms. The topological polar surface area (TPSA) is 64.5 Å². The average Bonchev–Trinajstić information content (AvgIpc) is 2.82. The van der Waals surface area contributed by atoms with Crippen molar-refractivity contribution >= 4 is 23.4 Å².